The molecular formula is C15H30N2O2. The monoisotopic (exact) mass is 270 g/mol. The first-order valence-electron chi connectivity index (χ1n) is 7.59. The van der Waals surface area contributed by atoms with E-state index in [1.54, 1.807) is 0 Å². The zero-order chi connectivity index (χ0) is 14.3. The Bertz CT molecular complexity index is 271. The van der Waals surface area contributed by atoms with Crippen molar-refractivity contribution in [2.24, 2.45) is 17.6 Å². The van der Waals surface area contributed by atoms with E-state index in [4.69, 9.17) is 5.73 Å². The second-order valence-corrected chi connectivity index (χ2v) is 5.81. The molecule has 3 unspecified atom stereocenters. The molecule has 0 aliphatic heterocycles. The van der Waals surface area contributed by atoms with E-state index in [1.165, 1.54) is 32.8 Å². The number of ether oxygens (including phenoxy) is 1. The lowest BCUT2D eigenvalue weighted by Crippen LogP contribution is -2.45. The molecule has 3 atom stereocenters. The van der Waals surface area contributed by atoms with Crippen molar-refractivity contribution in [2.75, 3.05) is 27.2 Å². The molecule has 1 saturated carbocycles. The van der Waals surface area contributed by atoms with E-state index in [0.717, 1.165) is 25.4 Å². The fraction of sp³-hybridized carbons (Fsp3) is 0.933. The zero-order valence-electron chi connectivity index (χ0n) is 12.7. The van der Waals surface area contributed by atoms with Crippen molar-refractivity contribution in [3.8, 4) is 0 Å². The van der Waals surface area contributed by atoms with Gasteiger partial charge in [0.2, 0.25) is 0 Å². The summed E-state index contributed by atoms with van der Waals surface area (Å²) in [6, 6.07) is 0.585. The number of hydrogen-bond acceptors (Lipinski definition) is 4. The van der Waals surface area contributed by atoms with Gasteiger partial charge in [0.1, 0.15) is 0 Å². The molecule has 2 N–H and O–H groups in total. The summed E-state index contributed by atoms with van der Waals surface area (Å²) in [5, 5.41) is 0. The van der Waals surface area contributed by atoms with Crippen LogP contribution in [0.2, 0.25) is 0 Å². The summed E-state index contributed by atoms with van der Waals surface area (Å²) >= 11 is 0. The van der Waals surface area contributed by atoms with Gasteiger partial charge in [-0.3, -0.25) is 4.79 Å². The van der Waals surface area contributed by atoms with Crippen molar-refractivity contribution in [1.29, 1.82) is 0 Å². The molecule has 0 spiro atoms. The molecule has 0 aromatic rings. The largest absolute Gasteiger partial charge is 0.469 e. The zero-order valence-corrected chi connectivity index (χ0v) is 12.7. The van der Waals surface area contributed by atoms with Crippen molar-refractivity contribution in [2.45, 2.75) is 51.5 Å². The van der Waals surface area contributed by atoms with Gasteiger partial charge in [0.25, 0.3) is 0 Å². The Morgan fingerprint density at radius 2 is 2.16 bits per heavy atom. The number of nitrogens with two attached hydrogens (primary N) is 1. The maximum absolute atomic E-state index is 11.1. The second kappa shape index (κ2) is 8.54. The summed E-state index contributed by atoms with van der Waals surface area (Å²) in [6.45, 7) is 4.01. The molecule has 1 fully saturated rings. The van der Waals surface area contributed by atoms with Crippen LogP contribution in [0.15, 0.2) is 0 Å². The maximum atomic E-state index is 11.1. The minimum absolute atomic E-state index is 0.112. The Morgan fingerprint density at radius 1 is 1.42 bits per heavy atom. The van der Waals surface area contributed by atoms with E-state index < -0.39 is 0 Å². The van der Waals surface area contributed by atoms with Crippen LogP contribution < -0.4 is 5.73 Å². The van der Waals surface area contributed by atoms with Crippen LogP contribution in [-0.4, -0.2) is 44.2 Å². The van der Waals surface area contributed by atoms with Crippen molar-refractivity contribution in [1.82, 2.24) is 4.90 Å². The Balaban J connectivity index is 2.42. The number of carbonyl (C=O) groups is 1. The lowest BCUT2D eigenvalue weighted by Gasteiger charge is -2.40. The van der Waals surface area contributed by atoms with Crippen LogP contribution in [0.1, 0.15) is 45.4 Å². The first kappa shape index (κ1) is 16.4. The third-order valence-corrected chi connectivity index (χ3v) is 4.63. The third-order valence-electron chi connectivity index (χ3n) is 4.63. The normalized spacial score (nSPS) is 27.5. The van der Waals surface area contributed by atoms with E-state index >= 15 is 0 Å². The molecule has 4 nitrogen and oxygen atoms in total. The molecule has 0 aromatic heterocycles. The highest BCUT2D eigenvalue weighted by Crippen LogP contribution is 2.33. The van der Waals surface area contributed by atoms with Crippen LogP contribution in [0.4, 0.5) is 0 Å². The van der Waals surface area contributed by atoms with Gasteiger partial charge in [0.05, 0.1) is 7.11 Å². The Labute approximate surface area is 117 Å². The number of methoxy groups -OCH3 is 1. The van der Waals surface area contributed by atoms with Crippen molar-refractivity contribution < 1.29 is 9.53 Å². The van der Waals surface area contributed by atoms with Crippen LogP contribution in [0.3, 0.4) is 0 Å². The highest BCUT2D eigenvalue weighted by Gasteiger charge is 2.31. The number of carbonyl (C=O) groups excluding carboxylic acids is 1. The third kappa shape index (κ3) is 5.11. The molecule has 112 valence electrons. The summed E-state index contributed by atoms with van der Waals surface area (Å²) in [5.74, 6) is 1.35. The van der Waals surface area contributed by atoms with Gasteiger partial charge in [0.15, 0.2) is 0 Å². The molecule has 0 saturated heterocycles. The van der Waals surface area contributed by atoms with Gasteiger partial charge in [-0.05, 0) is 51.2 Å². The molecule has 19 heavy (non-hydrogen) atoms. The molecule has 0 heterocycles. The number of rotatable bonds is 7. The molecule has 0 radical (unpaired) electrons. The van der Waals surface area contributed by atoms with E-state index in [0.29, 0.717) is 18.4 Å². The minimum atomic E-state index is -0.112. The van der Waals surface area contributed by atoms with Crippen molar-refractivity contribution in [3.05, 3.63) is 0 Å². The van der Waals surface area contributed by atoms with E-state index in [9.17, 15) is 4.79 Å². The molecule has 4 heteroatoms. The van der Waals surface area contributed by atoms with Crippen LogP contribution in [0, 0.1) is 11.8 Å². The number of nitrogens with zero attached hydrogens (tertiary/aromatic N) is 1. The van der Waals surface area contributed by atoms with Gasteiger partial charge in [0, 0.05) is 12.5 Å². The molecule has 1 rings (SSSR count). The van der Waals surface area contributed by atoms with Gasteiger partial charge in [-0.2, -0.15) is 0 Å². The van der Waals surface area contributed by atoms with Gasteiger partial charge < -0.3 is 15.4 Å². The lowest BCUT2D eigenvalue weighted by molar-refractivity contribution is -0.140. The maximum Gasteiger partial charge on any atom is 0.305 e. The van der Waals surface area contributed by atoms with Gasteiger partial charge in [-0.1, -0.05) is 19.8 Å². The van der Waals surface area contributed by atoms with Crippen LogP contribution in [0.25, 0.3) is 0 Å². The predicted octanol–water partition coefficient (Wildman–Crippen LogP) is 2.02. The number of hydrogen-bond donors (Lipinski definition) is 1. The average Bonchev–Trinajstić information content (AvgIpc) is 2.45. The topological polar surface area (TPSA) is 55.6 Å². The molecule has 0 aromatic carbocycles. The van der Waals surface area contributed by atoms with Crippen LogP contribution in [-0.2, 0) is 9.53 Å². The Kier molecular flexibility index (Phi) is 7.39. The summed E-state index contributed by atoms with van der Waals surface area (Å²) in [4.78, 5) is 13.5. The predicted molar refractivity (Wildman–Crippen MR) is 77.8 cm³/mol. The van der Waals surface area contributed by atoms with Crippen LogP contribution >= 0.6 is 0 Å². The van der Waals surface area contributed by atoms with Gasteiger partial charge in [-0.15, -0.1) is 0 Å². The summed E-state index contributed by atoms with van der Waals surface area (Å²) in [6.07, 6.45) is 6.48. The minimum Gasteiger partial charge on any atom is -0.469 e. The lowest BCUT2D eigenvalue weighted by atomic mass is 9.76. The highest BCUT2D eigenvalue weighted by atomic mass is 16.5. The van der Waals surface area contributed by atoms with Crippen LogP contribution in [0.5, 0.6) is 0 Å². The van der Waals surface area contributed by atoms with E-state index in [1.807, 2.05) is 0 Å². The van der Waals surface area contributed by atoms with Crippen molar-refractivity contribution >= 4 is 5.97 Å². The van der Waals surface area contributed by atoms with Crippen molar-refractivity contribution in [3.63, 3.8) is 0 Å². The first-order valence-corrected chi connectivity index (χ1v) is 7.59. The number of esters is 1. The van der Waals surface area contributed by atoms with E-state index in [2.05, 4.69) is 23.6 Å². The standard InChI is InChI=1S/C15H30N2O2/c1-4-12-7-8-13(11-16)14(10-12)17(2)9-5-6-15(18)19-3/h12-14H,4-11,16H2,1-3H3. The highest BCUT2D eigenvalue weighted by molar-refractivity contribution is 5.69. The van der Waals surface area contributed by atoms with Gasteiger partial charge >= 0.3 is 5.97 Å². The molecule has 0 bridgehead atoms. The summed E-state index contributed by atoms with van der Waals surface area (Å²) in [7, 11) is 3.62. The quantitative estimate of drug-likeness (QED) is 0.719. The van der Waals surface area contributed by atoms with E-state index in [-0.39, 0.29) is 5.97 Å². The smallest absolute Gasteiger partial charge is 0.305 e. The fourth-order valence-electron chi connectivity index (χ4n) is 3.22. The molecule has 0 amide bonds. The first-order chi connectivity index (χ1) is 9.12. The average molecular weight is 270 g/mol. The molecule has 1 aliphatic carbocycles. The SMILES string of the molecule is CCC1CCC(CN)C(N(C)CCCC(=O)OC)C1. The van der Waals surface area contributed by atoms with Gasteiger partial charge in [-0.25, -0.2) is 0 Å². The molecular weight excluding hydrogens is 240 g/mol. The molecule has 1 aliphatic rings. The summed E-state index contributed by atoms with van der Waals surface area (Å²) < 4.78 is 4.68. The summed E-state index contributed by atoms with van der Waals surface area (Å²) in [5.41, 5.74) is 5.92. The Morgan fingerprint density at radius 3 is 2.74 bits per heavy atom. The fourth-order valence-corrected chi connectivity index (χ4v) is 3.22. The Hall–Kier alpha value is -0.610. The second-order valence-electron chi connectivity index (χ2n) is 5.81.